The Hall–Kier alpha value is -0.0800. The van der Waals surface area contributed by atoms with E-state index in [1.807, 2.05) is 0 Å². The zero-order valence-corrected chi connectivity index (χ0v) is 9.87. The van der Waals surface area contributed by atoms with Crippen LogP contribution in [0, 0.1) is 11.8 Å². The molecule has 0 saturated carbocycles. The summed E-state index contributed by atoms with van der Waals surface area (Å²) in [6, 6.07) is 0. The molecule has 14 heavy (non-hydrogen) atoms. The van der Waals surface area contributed by atoms with Gasteiger partial charge >= 0.3 is 0 Å². The molecule has 0 spiro atoms. The van der Waals surface area contributed by atoms with Crippen LogP contribution in [0.4, 0.5) is 0 Å². The van der Waals surface area contributed by atoms with Crippen LogP contribution in [0.1, 0.15) is 52.9 Å². The smallest absolute Gasteiger partial charge is 0.0591 e. The van der Waals surface area contributed by atoms with Crippen LogP contribution in [0.15, 0.2) is 0 Å². The normalized spacial score (nSPS) is 17.8. The summed E-state index contributed by atoms with van der Waals surface area (Å²) >= 11 is 0. The average molecular weight is 202 g/mol. The van der Waals surface area contributed by atoms with E-state index in [1.54, 1.807) is 0 Å². The second-order valence-corrected chi connectivity index (χ2v) is 4.43. The maximum atomic E-state index is 9.89. The van der Waals surface area contributed by atoms with Gasteiger partial charge in [-0.3, -0.25) is 0 Å². The number of hydrogen-bond acceptors (Lipinski definition) is 2. The van der Waals surface area contributed by atoms with E-state index in [0.717, 1.165) is 32.1 Å². The zero-order valence-electron chi connectivity index (χ0n) is 9.87. The molecule has 0 unspecified atom stereocenters. The molecule has 0 radical (unpaired) electrons. The molecular weight excluding hydrogens is 176 g/mol. The fourth-order valence-corrected chi connectivity index (χ4v) is 1.73. The van der Waals surface area contributed by atoms with E-state index in [9.17, 15) is 5.11 Å². The SMILES string of the molecule is CC[C@H](C)[C@@H](O)[C@@H](C)CCCCCO. The van der Waals surface area contributed by atoms with Crippen LogP contribution >= 0.6 is 0 Å². The molecule has 0 aromatic carbocycles. The molecule has 3 atom stereocenters. The van der Waals surface area contributed by atoms with Crippen molar-refractivity contribution in [2.24, 2.45) is 11.8 Å². The molecule has 86 valence electrons. The first-order valence-corrected chi connectivity index (χ1v) is 5.92. The minimum Gasteiger partial charge on any atom is -0.396 e. The standard InChI is InChI=1S/C12H26O2/c1-4-10(2)12(14)11(3)8-6-5-7-9-13/h10-14H,4-9H2,1-3H3/t10-,11-,12+/m0/s1. The Morgan fingerprint density at radius 3 is 2.14 bits per heavy atom. The molecule has 2 nitrogen and oxygen atoms in total. The lowest BCUT2D eigenvalue weighted by Crippen LogP contribution is -2.25. The first kappa shape index (κ1) is 13.9. The summed E-state index contributed by atoms with van der Waals surface area (Å²) in [5.74, 6) is 0.798. The zero-order chi connectivity index (χ0) is 11.0. The van der Waals surface area contributed by atoms with Gasteiger partial charge in [0.2, 0.25) is 0 Å². The Morgan fingerprint density at radius 2 is 1.64 bits per heavy atom. The number of aliphatic hydroxyl groups excluding tert-OH is 2. The van der Waals surface area contributed by atoms with Crippen molar-refractivity contribution in [2.45, 2.75) is 59.0 Å². The monoisotopic (exact) mass is 202 g/mol. The van der Waals surface area contributed by atoms with Gasteiger partial charge in [0.1, 0.15) is 0 Å². The number of aliphatic hydroxyl groups is 2. The van der Waals surface area contributed by atoms with Gasteiger partial charge in [-0.05, 0) is 24.7 Å². The van der Waals surface area contributed by atoms with Crippen LogP contribution in [0.3, 0.4) is 0 Å². The highest BCUT2D eigenvalue weighted by atomic mass is 16.3. The average Bonchev–Trinajstić information content (AvgIpc) is 2.21. The molecule has 0 rings (SSSR count). The van der Waals surface area contributed by atoms with Crippen molar-refractivity contribution in [3.05, 3.63) is 0 Å². The van der Waals surface area contributed by atoms with Gasteiger partial charge in [-0.15, -0.1) is 0 Å². The first-order chi connectivity index (χ1) is 6.63. The van der Waals surface area contributed by atoms with Crippen LogP contribution in [-0.4, -0.2) is 22.9 Å². The van der Waals surface area contributed by atoms with Crippen LogP contribution in [-0.2, 0) is 0 Å². The molecule has 0 amide bonds. The fraction of sp³-hybridized carbons (Fsp3) is 1.00. The van der Waals surface area contributed by atoms with Crippen LogP contribution in [0.5, 0.6) is 0 Å². The second-order valence-electron chi connectivity index (χ2n) is 4.43. The highest BCUT2D eigenvalue weighted by molar-refractivity contribution is 4.69. The lowest BCUT2D eigenvalue weighted by Gasteiger charge is -2.23. The molecule has 0 fully saturated rings. The molecule has 0 aliphatic heterocycles. The molecule has 0 saturated heterocycles. The molecule has 0 aromatic rings. The number of hydrogen-bond donors (Lipinski definition) is 2. The predicted molar refractivity (Wildman–Crippen MR) is 60.2 cm³/mol. The van der Waals surface area contributed by atoms with Crippen molar-refractivity contribution >= 4 is 0 Å². The van der Waals surface area contributed by atoms with E-state index in [-0.39, 0.29) is 6.10 Å². The number of unbranched alkanes of at least 4 members (excludes halogenated alkanes) is 2. The van der Waals surface area contributed by atoms with Gasteiger partial charge in [-0.2, -0.15) is 0 Å². The third-order valence-electron chi connectivity index (χ3n) is 3.13. The molecule has 0 aromatic heterocycles. The molecule has 0 bridgehead atoms. The van der Waals surface area contributed by atoms with E-state index < -0.39 is 0 Å². The molecule has 0 heterocycles. The maximum absolute atomic E-state index is 9.89. The Labute approximate surface area is 88.3 Å². The van der Waals surface area contributed by atoms with Gasteiger partial charge in [-0.1, -0.05) is 40.0 Å². The van der Waals surface area contributed by atoms with E-state index >= 15 is 0 Å². The van der Waals surface area contributed by atoms with Gasteiger partial charge in [0.25, 0.3) is 0 Å². The van der Waals surface area contributed by atoms with E-state index in [4.69, 9.17) is 5.11 Å². The molecule has 0 aliphatic rings. The minimum atomic E-state index is -0.158. The summed E-state index contributed by atoms with van der Waals surface area (Å²) in [5, 5.41) is 18.5. The second kappa shape index (κ2) is 8.25. The topological polar surface area (TPSA) is 40.5 Å². The van der Waals surface area contributed by atoms with Gasteiger partial charge in [0, 0.05) is 6.61 Å². The van der Waals surface area contributed by atoms with Crippen LogP contribution in [0.2, 0.25) is 0 Å². The van der Waals surface area contributed by atoms with Crippen molar-refractivity contribution in [3.63, 3.8) is 0 Å². The Morgan fingerprint density at radius 1 is 1.00 bits per heavy atom. The van der Waals surface area contributed by atoms with Gasteiger partial charge in [0.15, 0.2) is 0 Å². The molecule has 2 heteroatoms. The van der Waals surface area contributed by atoms with Crippen molar-refractivity contribution in [3.8, 4) is 0 Å². The van der Waals surface area contributed by atoms with E-state index in [1.165, 1.54) is 0 Å². The summed E-state index contributed by atoms with van der Waals surface area (Å²) in [4.78, 5) is 0. The Bertz CT molecular complexity index is 125. The molecule has 0 aliphatic carbocycles. The Kier molecular flexibility index (Phi) is 8.20. The summed E-state index contributed by atoms with van der Waals surface area (Å²) in [6.45, 7) is 6.64. The highest BCUT2D eigenvalue weighted by Gasteiger charge is 2.18. The summed E-state index contributed by atoms with van der Waals surface area (Å²) in [5.41, 5.74) is 0. The highest BCUT2D eigenvalue weighted by Crippen LogP contribution is 2.20. The lowest BCUT2D eigenvalue weighted by molar-refractivity contribution is 0.0583. The number of rotatable bonds is 8. The van der Waals surface area contributed by atoms with E-state index in [0.29, 0.717) is 18.4 Å². The van der Waals surface area contributed by atoms with Gasteiger partial charge in [0.05, 0.1) is 6.10 Å². The lowest BCUT2D eigenvalue weighted by atomic mass is 9.88. The van der Waals surface area contributed by atoms with Crippen molar-refractivity contribution in [2.75, 3.05) is 6.61 Å². The van der Waals surface area contributed by atoms with Crippen molar-refractivity contribution in [1.29, 1.82) is 0 Å². The van der Waals surface area contributed by atoms with Gasteiger partial charge < -0.3 is 10.2 Å². The first-order valence-electron chi connectivity index (χ1n) is 5.92. The van der Waals surface area contributed by atoms with Gasteiger partial charge in [-0.25, -0.2) is 0 Å². The molecule has 2 N–H and O–H groups in total. The summed E-state index contributed by atoms with van der Waals surface area (Å²) in [6.07, 6.45) is 5.05. The minimum absolute atomic E-state index is 0.158. The third-order valence-corrected chi connectivity index (χ3v) is 3.13. The maximum Gasteiger partial charge on any atom is 0.0591 e. The quantitative estimate of drug-likeness (QED) is 0.594. The van der Waals surface area contributed by atoms with Crippen molar-refractivity contribution in [1.82, 2.24) is 0 Å². The van der Waals surface area contributed by atoms with Crippen molar-refractivity contribution < 1.29 is 10.2 Å². The molecular formula is C12H26O2. The predicted octanol–water partition coefficient (Wildman–Crippen LogP) is 2.58. The fourth-order valence-electron chi connectivity index (χ4n) is 1.73. The third kappa shape index (κ3) is 5.61. The van der Waals surface area contributed by atoms with Crippen LogP contribution in [0.25, 0.3) is 0 Å². The summed E-state index contributed by atoms with van der Waals surface area (Å²) in [7, 11) is 0. The summed E-state index contributed by atoms with van der Waals surface area (Å²) < 4.78 is 0. The van der Waals surface area contributed by atoms with Crippen LogP contribution < -0.4 is 0 Å². The largest absolute Gasteiger partial charge is 0.396 e. The Balaban J connectivity index is 3.56. The van der Waals surface area contributed by atoms with E-state index in [2.05, 4.69) is 20.8 Å².